The molecule has 3 atom stereocenters. The van der Waals surface area contributed by atoms with Gasteiger partial charge in [0.15, 0.2) is 0 Å². The molecule has 2 aromatic carbocycles. The number of cyclic esters (lactones) is 1. The first kappa shape index (κ1) is 34.4. The largest absolute Gasteiger partial charge is 0.496 e. The number of carboxylic acid groups (broad SMARTS) is 1. The van der Waals surface area contributed by atoms with Gasteiger partial charge in [-0.25, -0.2) is 4.79 Å². The Bertz CT molecular complexity index is 1590. The highest BCUT2D eigenvalue weighted by Crippen LogP contribution is 2.47. The van der Waals surface area contributed by atoms with Gasteiger partial charge in [0.05, 0.1) is 30.2 Å². The zero-order valence-corrected chi connectivity index (χ0v) is 26.5. The molecular weight excluding hydrogens is 628 g/mol. The number of ether oxygens (including phenoxy) is 2. The summed E-state index contributed by atoms with van der Waals surface area (Å²) < 4.78 is 92.7. The second-order valence-electron chi connectivity index (χ2n) is 13.4. The van der Waals surface area contributed by atoms with Gasteiger partial charge in [-0.05, 0) is 109 Å². The molecule has 12 heteroatoms. The quantitative estimate of drug-likeness (QED) is 0.298. The highest BCUT2D eigenvalue weighted by Gasteiger charge is 2.44. The van der Waals surface area contributed by atoms with Gasteiger partial charge in [0.25, 0.3) is 0 Å². The number of amides is 1. The average molecular weight is 666 g/mol. The van der Waals surface area contributed by atoms with Gasteiger partial charge < -0.3 is 14.6 Å². The molecule has 1 amide bonds. The van der Waals surface area contributed by atoms with E-state index in [1.165, 1.54) is 4.90 Å². The predicted octanol–water partition coefficient (Wildman–Crippen LogP) is 9.55. The topological polar surface area (TPSA) is 76.1 Å². The summed E-state index contributed by atoms with van der Waals surface area (Å²) in [7, 11) is 1.55. The Labute approximate surface area is 269 Å². The minimum atomic E-state index is -5.03. The van der Waals surface area contributed by atoms with Crippen LogP contribution < -0.4 is 4.74 Å². The summed E-state index contributed by atoms with van der Waals surface area (Å²) in [5, 5.41) is 9.39. The molecule has 6 nitrogen and oxygen atoms in total. The molecule has 0 aromatic heterocycles. The van der Waals surface area contributed by atoms with E-state index in [4.69, 9.17) is 9.47 Å². The van der Waals surface area contributed by atoms with Crippen molar-refractivity contribution < 1.29 is 50.5 Å². The first-order valence-electron chi connectivity index (χ1n) is 15.5. The van der Waals surface area contributed by atoms with Crippen molar-refractivity contribution in [2.45, 2.75) is 83.8 Å². The summed E-state index contributed by atoms with van der Waals surface area (Å²) in [6.45, 7) is 5.81. The number of hydrogen-bond donors (Lipinski definition) is 1. The van der Waals surface area contributed by atoms with Crippen molar-refractivity contribution in [3.63, 3.8) is 0 Å². The summed E-state index contributed by atoms with van der Waals surface area (Å²) in [5.41, 5.74) is 1.16. The lowest BCUT2D eigenvalue weighted by atomic mass is 9.72. The Morgan fingerprint density at radius 1 is 1.04 bits per heavy atom. The zero-order valence-electron chi connectivity index (χ0n) is 26.5. The van der Waals surface area contributed by atoms with Crippen LogP contribution in [-0.2, 0) is 21.9 Å². The van der Waals surface area contributed by atoms with Gasteiger partial charge in [-0.15, -0.1) is 0 Å². The molecular formula is C35H37F6NO5. The van der Waals surface area contributed by atoms with Gasteiger partial charge in [0, 0.05) is 12.1 Å². The molecule has 1 N–H and O–H groups in total. The Balaban J connectivity index is 1.51. The first-order valence-corrected chi connectivity index (χ1v) is 15.5. The van der Waals surface area contributed by atoms with Gasteiger partial charge in [0.2, 0.25) is 0 Å². The number of allylic oxidation sites excluding steroid dienone is 3. The van der Waals surface area contributed by atoms with Crippen molar-refractivity contribution in [3.05, 3.63) is 75.9 Å². The highest BCUT2D eigenvalue weighted by molar-refractivity contribution is 5.80. The van der Waals surface area contributed by atoms with Crippen LogP contribution in [0.2, 0.25) is 0 Å². The Morgan fingerprint density at radius 3 is 2.26 bits per heavy atom. The average Bonchev–Trinajstić information content (AvgIpc) is 3.28. The molecule has 5 rings (SSSR count). The minimum absolute atomic E-state index is 0.0548. The number of alkyl halides is 6. The number of carbonyl (C=O) groups excluding carboxylic acids is 1. The van der Waals surface area contributed by atoms with Gasteiger partial charge in [-0.1, -0.05) is 26.0 Å². The Kier molecular flexibility index (Phi) is 9.20. The Hall–Kier alpha value is -3.96. The maximum atomic E-state index is 13.6. The van der Waals surface area contributed by atoms with Crippen molar-refractivity contribution >= 4 is 23.2 Å². The van der Waals surface area contributed by atoms with E-state index in [0.717, 1.165) is 34.3 Å². The van der Waals surface area contributed by atoms with E-state index < -0.39 is 53.6 Å². The number of hydrogen-bond acceptors (Lipinski definition) is 4. The third-order valence-corrected chi connectivity index (χ3v) is 9.52. The molecule has 2 aromatic rings. The molecule has 0 radical (unpaired) electrons. The molecule has 3 aliphatic rings. The number of carboxylic acids is 1. The van der Waals surface area contributed by atoms with E-state index in [2.05, 4.69) is 13.8 Å². The van der Waals surface area contributed by atoms with Crippen LogP contribution in [0.5, 0.6) is 5.75 Å². The standard InChI is InChI=1S/C35H37F6NO5/c1-19-30(23-13-25(34(36,37)38)16-26(14-23)35(39,40)41)47-32(45)42(19)18-24-17-33(2,3)12-11-27(24)28-15-22(9-10-29(28)46-4)20-5-7-21(8-6-20)31(43)44/h5,9-10,13-16,19,21,30H,6-8,11-12,17-18H2,1-4H3,(H,43,44)/t19-,21?,30-/m0/s1. The van der Waals surface area contributed by atoms with Crippen LogP contribution in [0.3, 0.4) is 0 Å². The third kappa shape index (κ3) is 7.31. The first-order chi connectivity index (χ1) is 21.9. The number of methoxy groups -OCH3 is 1. The molecule has 1 fully saturated rings. The smallest absolute Gasteiger partial charge is 0.416 e. The van der Waals surface area contributed by atoms with Crippen LogP contribution in [0.1, 0.15) is 93.2 Å². The second-order valence-corrected chi connectivity index (χ2v) is 13.4. The van der Waals surface area contributed by atoms with Gasteiger partial charge >= 0.3 is 24.4 Å². The zero-order chi connectivity index (χ0) is 34.5. The number of nitrogens with zero attached hydrogens (tertiary/aromatic N) is 1. The predicted molar refractivity (Wildman–Crippen MR) is 162 cm³/mol. The molecule has 1 saturated heterocycles. The molecule has 47 heavy (non-hydrogen) atoms. The number of halogens is 6. The lowest BCUT2D eigenvalue weighted by Gasteiger charge is -2.36. The number of benzene rings is 2. The third-order valence-electron chi connectivity index (χ3n) is 9.52. The van der Waals surface area contributed by atoms with Crippen LogP contribution in [0.15, 0.2) is 48.0 Å². The van der Waals surface area contributed by atoms with Crippen molar-refractivity contribution in [1.29, 1.82) is 0 Å². The summed E-state index contributed by atoms with van der Waals surface area (Å²) in [5.74, 6) is -0.631. The number of carbonyl (C=O) groups is 2. The lowest BCUT2D eigenvalue weighted by Crippen LogP contribution is -2.35. The fourth-order valence-corrected chi connectivity index (χ4v) is 6.86. The summed E-state index contributed by atoms with van der Waals surface area (Å²) >= 11 is 0. The number of aliphatic carboxylic acids is 1. The SMILES string of the molecule is COc1ccc(C2=CCC(C(=O)O)CC2)cc1C1=C(CN2C(=O)O[C@H](c3cc(C(F)(F)F)cc(C(F)(F)F)c3)[C@@H]2C)CC(C)(C)CC1. The van der Waals surface area contributed by atoms with E-state index in [0.29, 0.717) is 50.0 Å². The van der Waals surface area contributed by atoms with Crippen LogP contribution in [-0.4, -0.2) is 41.8 Å². The highest BCUT2D eigenvalue weighted by atomic mass is 19.4. The maximum absolute atomic E-state index is 13.6. The van der Waals surface area contributed by atoms with E-state index in [1.807, 2.05) is 24.3 Å². The fraction of sp³-hybridized carbons (Fsp3) is 0.486. The molecule has 0 spiro atoms. The van der Waals surface area contributed by atoms with Gasteiger partial charge in [-0.3, -0.25) is 9.69 Å². The normalized spacial score (nSPS) is 23.4. The van der Waals surface area contributed by atoms with E-state index >= 15 is 0 Å². The van der Waals surface area contributed by atoms with Crippen LogP contribution in [0.25, 0.3) is 11.1 Å². The van der Waals surface area contributed by atoms with Crippen molar-refractivity contribution in [3.8, 4) is 5.75 Å². The summed E-state index contributed by atoms with van der Waals surface area (Å²) in [6, 6.07) is 6.20. The summed E-state index contributed by atoms with van der Waals surface area (Å²) in [4.78, 5) is 26.0. The van der Waals surface area contributed by atoms with Crippen molar-refractivity contribution in [2.24, 2.45) is 11.3 Å². The molecule has 1 heterocycles. The molecule has 0 saturated carbocycles. The van der Waals surface area contributed by atoms with E-state index in [1.54, 1.807) is 14.0 Å². The monoisotopic (exact) mass is 665 g/mol. The number of rotatable bonds is 7. The van der Waals surface area contributed by atoms with Crippen molar-refractivity contribution in [2.75, 3.05) is 13.7 Å². The van der Waals surface area contributed by atoms with Crippen LogP contribution >= 0.6 is 0 Å². The second kappa shape index (κ2) is 12.6. The lowest BCUT2D eigenvalue weighted by molar-refractivity contribution is -0.144. The fourth-order valence-electron chi connectivity index (χ4n) is 6.86. The van der Waals surface area contributed by atoms with Crippen molar-refractivity contribution in [1.82, 2.24) is 4.90 Å². The molecule has 254 valence electrons. The minimum Gasteiger partial charge on any atom is -0.496 e. The molecule has 2 aliphatic carbocycles. The van der Waals surface area contributed by atoms with Gasteiger partial charge in [0.1, 0.15) is 11.9 Å². The molecule has 1 aliphatic heterocycles. The van der Waals surface area contributed by atoms with Crippen LogP contribution in [0.4, 0.5) is 31.1 Å². The Morgan fingerprint density at radius 2 is 1.70 bits per heavy atom. The molecule has 1 unspecified atom stereocenters. The maximum Gasteiger partial charge on any atom is 0.416 e. The van der Waals surface area contributed by atoms with Crippen LogP contribution in [0, 0.1) is 11.3 Å². The van der Waals surface area contributed by atoms with E-state index in [-0.39, 0.29) is 23.6 Å². The summed E-state index contributed by atoms with van der Waals surface area (Å²) in [6.07, 6.45) is -6.68. The molecule has 0 bridgehead atoms. The van der Waals surface area contributed by atoms with E-state index in [9.17, 15) is 41.0 Å². The van der Waals surface area contributed by atoms with Gasteiger partial charge in [-0.2, -0.15) is 26.3 Å².